The van der Waals surface area contributed by atoms with Gasteiger partial charge in [0.1, 0.15) is 10.8 Å². The van der Waals surface area contributed by atoms with Crippen molar-refractivity contribution in [2.75, 3.05) is 22.5 Å². The molecule has 0 bridgehead atoms. The molecule has 0 unspecified atom stereocenters. The molecule has 0 saturated carbocycles. The normalized spacial score (nSPS) is 16.2. The van der Waals surface area contributed by atoms with Crippen molar-refractivity contribution in [1.82, 2.24) is 10.2 Å². The highest BCUT2D eigenvalue weighted by Gasteiger charge is 2.34. The predicted molar refractivity (Wildman–Crippen MR) is 128 cm³/mol. The van der Waals surface area contributed by atoms with Crippen LogP contribution in [0.4, 0.5) is 10.8 Å². The predicted octanol–water partition coefficient (Wildman–Crippen LogP) is 3.17. The first-order valence-corrected chi connectivity index (χ1v) is 13.2. The summed E-state index contributed by atoms with van der Waals surface area (Å²) in [5.74, 6) is -1.62. The molecule has 2 amide bonds. The molecule has 4 rings (SSSR count). The van der Waals surface area contributed by atoms with Gasteiger partial charge in [-0.15, -0.1) is 10.2 Å². The van der Waals surface area contributed by atoms with Gasteiger partial charge in [-0.3, -0.25) is 14.9 Å². The number of rotatable bonds is 8. The van der Waals surface area contributed by atoms with E-state index in [-0.39, 0.29) is 22.7 Å². The quantitative estimate of drug-likeness (QED) is 0.526. The van der Waals surface area contributed by atoms with Crippen LogP contribution >= 0.6 is 11.3 Å². The number of hydrogen-bond acceptors (Lipinski definition) is 7. The topological polar surface area (TPSA) is 109 Å². The average molecular weight is 485 g/mol. The zero-order valence-electron chi connectivity index (χ0n) is 18.1. The first-order chi connectivity index (χ1) is 15.8. The maximum atomic E-state index is 12.6. The fraction of sp³-hybridized carbons (Fsp3) is 0.304. The number of carbonyl (C=O) groups is 2. The first kappa shape index (κ1) is 23.1. The van der Waals surface area contributed by atoms with Crippen LogP contribution in [0.25, 0.3) is 0 Å². The van der Waals surface area contributed by atoms with Gasteiger partial charge in [-0.05, 0) is 29.7 Å². The Morgan fingerprint density at radius 2 is 1.82 bits per heavy atom. The van der Waals surface area contributed by atoms with Crippen molar-refractivity contribution in [2.45, 2.75) is 31.4 Å². The lowest BCUT2D eigenvalue weighted by Crippen LogP contribution is -2.24. The number of nitrogens with zero attached hydrogens (tertiary/aromatic N) is 3. The second-order valence-corrected chi connectivity index (χ2v) is 11.0. The minimum Gasteiger partial charge on any atom is -0.312 e. The lowest BCUT2D eigenvalue weighted by molar-refractivity contribution is -0.117. The lowest BCUT2D eigenvalue weighted by Gasteiger charge is -2.16. The molecule has 1 saturated heterocycles. The molecular formula is C23H24N4O4S2. The Morgan fingerprint density at radius 1 is 1.09 bits per heavy atom. The van der Waals surface area contributed by atoms with E-state index in [1.54, 1.807) is 35.2 Å². The Hall–Kier alpha value is -3.11. The molecular weight excluding hydrogens is 460 g/mol. The summed E-state index contributed by atoms with van der Waals surface area (Å²) in [6.07, 6.45) is 1.24. The van der Waals surface area contributed by atoms with Crippen molar-refractivity contribution in [3.63, 3.8) is 0 Å². The van der Waals surface area contributed by atoms with Gasteiger partial charge in [-0.2, -0.15) is 0 Å². The molecule has 0 spiro atoms. The van der Waals surface area contributed by atoms with Gasteiger partial charge in [0.2, 0.25) is 16.9 Å². The van der Waals surface area contributed by atoms with Crippen LogP contribution < -0.4 is 10.2 Å². The highest BCUT2D eigenvalue weighted by molar-refractivity contribution is 7.91. The molecule has 1 fully saturated rings. The Labute approximate surface area is 196 Å². The molecule has 1 aliphatic rings. The van der Waals surface area contributed by atoms with Crippen LogP contribution in [-0.2, 0) is 31.6 Å². The molecule has 0 aliphatic carbocycles. The van der Waals surface area contributed by atoms with E-state index in [2.05, 4.69) is 22.4 Å². The number of aryl methyl sites for hydroxylation is 1. The van der Waals surface area contributed by atoms with E-state index in [0.717, 1.165) is 12.1 Å². The number of hydrogen-bond donors (Lipinski definition) is 1. The monoisotopic (exact) mass is 484 g/mol. The zero-order valence-corrected chi connectivity index (χ0v) is 19.7. The van der Waals surface area contributed by atoms with Crippen LogP contribution in [0.3, 0.4) is 0 Å². The molecule has 1 aromatic heterocycles. The summed E-state index contributed by atoms with van der Waals surface area (Å²) in [6.45, 7) is 2.56. The van der Waals surface area contributed by atoms with Crippen LogP contribution in [0.2, 0.25) is 0 Å². The SMILES string of the molecule is CCc1ccc(N2C[C@@H](c3nnc(NC(=O)CS(=O)(=O)Cc4ccccc4)s3)CC2=O)cc1. The van der Waals surface area contributed by atoms with Crippen molar-refractivity contribution >= 4 is 43.8 Å². The summed E-state index contributed by atoms with van der Waals surface area (Å²) in [7, 11) is -3.62. The van der Waals surface area contributed by atoms with Crippen LogP contribution in [0.1, 0.15) is 35.4 Å². The molecule has 1 aliphatic heterocycles. The number of sulfone groups is 1. The third-order valence-corrected chi connectivity index (χ3v) is 7.87. The third kappa shape index (κ3) is 5.82. The minimum atomic E-state index is -3.62. The van der Waals surface area contributed by atoms with Gasteiger partial charge in [0.25, 0.3) is 0 Å². The summed E-state index contributed by atoms with van der Waals surface area (Å²) in [6, 6.07) is 16.6. The Bertz CT molecular complexity index is 1240. The second-order valence-electron chi connectivity index (χ2n) is 7.94. The molecule has 8 nitrogen and oxygen atoms in total. The van der Waals surface area contributed by atoms with Gasteiger partial charge in [-0.25, -0.2) is 8.42 Å². The standard InChI is InChI=1S/C23H24N4O4S2/c1-2-16-8-10-19(11-9-16)27-13-18(12-21(27)29)22-25-26-23(32-22)24-20(28)15-33(30,31)14-17-6-4-3-5-7-17/h3-11,18H,2,12-15H2,1H3,(H,24,26,28)/t18-/m0/s1. The highest BCUT2D eigenvalue weighted by Crippen LogP contribution is 2.34. The Morgan fingerprint density at radius 3 is 2.52 bits per heavy atom. The van der Waals surface area contributed by atoms with Crippen molar-refractivity contribution in [1.29, 1.82) is 0 Å². The summed E-state index contributed by atoms with van der Waals surface area (Å²) in [4.78, 5) is 26.6. The fourth-order valence-corrected chi connectivity index (χ4v) is 5.84. The van der Waals surface area contributed by atoms with Crippen LogP contribution in [0.5, 0.6) is 0 Å². The Balaban J connectivity index is 1.35. The summed E-state index contributed by atoms with van der Waals surface area (Å²) in [5.41, 5.74) is 2.68. The van der Waals surface area contributed by atoms with E-state index in [0.29, 0.717) is 23.5 Å². The number of benzene rings is 2. The van der Waals surface area contributed by atoms with E-state index in [1.807, 2.05) is 24.3 Å². The van der Waals surface area contributed by atoms with Crippen LogP contribution in [0.15, 0.2) is 54.6 Å². The van der Waals surface area contributed by atoms with Crippen molar-refractivity contribution < 1.29 is 18.0 Å². The Kier molecular flexibility index (Phi) is 6.85. The summed E-state index contributed by atoms with van der Waals surface area (Å²) >= 11 is 1.17. The van der Waals surface area contributed by atoms with E-state index < -0.39 is 21.5 Å². The maximum absolute atomic E-state index is 12.6. The maximum Gasteiger partial charge on any atom is 0.241 e. The number of aromatic nitrogens is 2. The number of anilines is 2. The molecule has 2 heterocycles. The van der Waals surface area contributed by atoms with Gasteiger partial charge >= 0.3 is 0 Å². The molecule has 2 aromatic carbocycles. The van der Waals surface area contributed by atoms with Gasteiger partial charge in [0, 0.05) is 24.6 Å². The molecule has 33 heavy (non-hydrogen) atoms. The van der Waals surface area contributed by atoms with Gasteiger partial charge in [0.15, 0.2) is 9.84 Å². The second kappa shape index (κ2) is 9.80. The zero-order chi connectivity index (χ0) is 23.4. The van der Waals surface area contributed by atoms with E-state index >= 15 is 0 Å². The highest BCUT2D eigenvalue weighted by atomic mass is 32.2. The number of carbonyl (C=O) groups excluding carboxylic acids is 2. The summed E-state index contributed by atoms with van der Waals surface area (Å²) < 4.78 is 24.7. The van der Waals surface area contributed by atoms with Crippen molar-refractivity contribution in [2.24, 2.45) is 0 Å². The third-order valence-electron chi connectivity index (χ3n) is 5.40. The van der Waals surface area contributed by atoms with E-state index in [9.17, 15) is 18.0 Å². The van der Waals surface area contributed by atoms with Crippen molar-refractivity contribution in [3.05, 3.63) is 70.7 Å². The molecule has 3 aromatic rings. The van der Waals surface area contributed by atoms with Crippen LogP contribution in [-0.4, -0.2) is 42.7 Å². The molecule has 0 radical (unpaired) electrons. The lowest BCUT2D eigenvalue weighted by atomic mass is 10.1. The smallest absolute Gasteiger partial charge is 0.241 e. The van der Waals surface area contributed by atoms with E-state index in [1.165, 1.54) is 16.9 Å². The average Bonchev–Trinajstić information content (AvgIpc) is 3.40. The number of nitrogens with one attached hydrogen (secondary N) is 1. The van der Waals surface area contributed by atoms with Crippen molar-refractivity contribution in [3.8, 4) is 0 Å². The molecule has 1 N–H and O–H groups in total. The summed E-state index contributed by atoms with van der Waals surface area (Å²) in [5, 5.41) is 11.5. The molecule has 172 valence electrons. The first-order valence-electron chi connectivity index (χ1n) is 10.6. The van der Waals surface area contributed by atoms with Gasteiger partial charge in [0.05, 0.1) is 5.75 Å². The molecule has 1 atom stereocenters. The largest absolute Gasteiger partial charge is 0.312 e. The molecule has 10 heteroatoms. The van der Waals surface area contributed by atoms with Crippen LogP contribution in [0, 0.1) is 0 Å². The van der Waals surface area contributed by atoms with Gasteiger partial charge in [-0.1, -0.05) is 60.7 Å². The van der Waals surface area contributed by atoms with Gasteiger partial charge < -0.3 is 4.90 Å². The minimum absolute atomic E-state index is 0.0111. The van der Waals surface area contributed by atoms with E-state index in [4.69, 9.17) is 0 Å². The fourth-order valence-electron chi connectivity index (χ4n) is 3.72. The number of amides is 2.